The van der Waals surface area contributed by atoms with E-state index < -0.39 is 0 Å². The van der Waals surface area contributed by atoms with E-state index in [1.54, 1.807) is 7.11 Å². The van der Waals surface area contributed by atoms with Gasteiger partial charge in [0.05, 0.1) is 24.6 Å². The molecule has 0 radical (unpaired) electrons. The van der Waals surface area contributed by atoms with Gasteiger partial charge in [0, 0.05) is 43.4 Å². The van der Waals surface area contributed by atoms with Crippen LogP contribution in [0.3, 0.4) is 0 Å². The van der Waals surface area contributed by atoms with E-state index in [-0.39, 0.29) is 6.10 Å². The van der Waals surface area contributed by atoms with Crippen molar-refractivity contribution in [2.45, 2.75) is 39.0 Å². The fraction of sp³-hybridized carbons (Fsp3) is 0.333. The van der Waals surface area contributed by atoms with Gasteiger partial charge in [-0.2, -0.15) is 0 Å². The molecule has 0 saturated carbocycles. The molecule has 6 nitrogen and oxygen atoms in total. The first-order valence-electron chi connectivity index (χ1n) is 11.5. The molecule has 1 aliphatic heterocycles. The number of nitrogens with zero attached hydrogens (tertiary/aromatic N) is 3. The van der Waals surface area contributed by atoms with E-state index in [0.717, 1.165) is 71.8 Å². The van der Waals surface area contributed by atoms with Crippen molar-refractivity contribution in [1.29, 1.82) is 0 Å². The second kappa shape index (κ2) is 9.73. The molecule has 0 spiro atoms. The van der Waals surface area contributed by atoms with Crippen LogP contribution in [0.25, 0.3) is 22.2 Å². The third kappa shape index (κ3) is 4.77. The van der Waals surface area contributed by atoms with Crippen LogP contribution in [0.1, 0.15) is 30.0 Å². The van der Waals surface area contributed by atoms with Crippen LogP contribution in [0.15, 0.2) is 65.2 Å². The van der Waals surface area contributed by atoms with E-state index in [1.807, 2.05) is 49.5 Å². The Morgan fingerprint density at radius 2 is 1.88 bits per heavy atom. The predicted molar refractivity (Wildman–Crippen MR) is 128 cm³/mol. The van der Waals surface area contributed by atoms with Crippen LogP contribution in [0, 0.1) is 6.92 Å². The summed E-state index contributed by atoms with van der Waals surface area (Å²) >= 11 is 0. The van der Waals surface area contributed by atoms with Gasteiger partial charge >= 0.3 is 0 Å². The molecule has 0 N–H and O–H groups in total. The highest BCUT2D eigenvalue weighted by molar-refractivity contribution is 5.98. The first-order chi connectivity index (χ1) is 16.2. The van der Waals surface area contributed by atoms with Crippen molar-refractivity contribution in [2.75, 3.05) is 20.3 Å². The van der Waals surface area contributed by atoms with Gasteiger partial charge in [0.1, 0.15) is 11.5 Å². The van der Waals surface area contributed by atoms with E-state index >= 15 is 0 Å². The van der Waals surface area contributed by atoms with Crippen LogP contribution in [0.2, 0.25) is 0 Å². The average Bonchev–Trinajstić information content (AvgIpc) is 3.48. The predicted octanol–water partition coefficient (Wildman–Crippen LogP) is 5.39. The lowest BCUT2D eigenvalue weighted by atomic mass is 10.0. The zero-order valence-electron chi connectivity index (χ0n) is 19.2. The molecule has 2 aromatic heterocycles. The van der Waals surface area contributed by atoms with Crippen LogP contribution < -0.4 is 4.74 Å². The van der Waals surface area contributed by atoms with E-state index in [1.165, 1.54) is 0 Å². The van der Waals surface area contributed by atoms with Gasteiger partial charge in [0.25, 0.3) is 0 Å². The van der Waals surface area contributed by atoms with Gasteiger partial charge in [0.2, 0.25) is 5.89 Å². The minimum Gasteiger partial charge on any atom is -0.496 e. The van der Waals surface area contributed by atoms with Crippen molar-refractivity contribution in [3.8, 4) is 17.2 Å². The fourth-order valence-electron chi connectivity index (χ4n) is 4.52. The van der Waals surface area contributed by atoms with Crippen molar-refractivity contribution < 1.29 is 13.9 Å². The summed E-state index contributed by atoms with van der Waals surface area (Å²) in [4.78, 5) is 11.8. The van der Waals surface area contributed by atoms with Crippen LogP contribution in [0.4, 0.5) is 0 Å². The number of pyridine rings is 1. The lowest BCUT2D eigenvalue weighted by Gasteiger charge is -2.24. The SMILES string of the molecule is COc1ccc(-c2nc(CN(Cc3ccccn3)CC3CCCO3)c(C)o2)c2ccccc12. The van der Waals surface area contributed by atoms with E-state index in [0.29, 0.717) is 12.4 Å². The second-order valence-corrected chi connectivity index (χ2v) is 8.51. The van der Waals surface area contributed by atoms with Crippen molar-refractivity contribution in [1.82, 2.24) is 14.9 Å². The number of aryl methyl sites for hydroxylation is 1. The normalized spacial score (nSPS) is 16.0. The molecule has 1 aliphatic rings. The first-order valence-corrected chi connectivity index (χ1v) is 11.5. The number of fused-ring (bicyclic) bond motifs is 1. The molecule has 3 heterocycles. The molecule has 4 aromatic rings. The summed E-state index contributed by atoms with van der Waals surface area (Å²) < 4.78 is 17.6. The van der Waals surface area contributed by atoms with Crippen LogP contribution in [0.5, 0.6) is 5.75 Å². The maximum atomic E-state index is 6.18. The van der Waals surface area contributed by atoms with Gasteiger partial charge in [-0.05, 0) is 49.4 Å². The maximum Gasteiger partial charge on any atom is 0.227 e. The molecule has 2 aromatic carbocycles. The van der Waals surface area contributed by atoms with Crippen LogP contribution in [-0.2, 0) is 17.8 Å². The Morgan fingerprint density at radius 3 is 2.64 bits per heavy atom. The lowest BCUT2D eigenvalue weighted by Crippen LogP contribution is -2.32. The second-order valence-electron chi connectivity index (χ2n) is 8.51. The van der Waals surface area contributed by atoms with Crippen molar-refractivity contribution in [2.24, 2.45) is 0 Å². The summed E-state index contributed by atoms with van der Waals surface area (Å²) in [6.07, 6.45) is 4.32. The third-order valence-corrected chi connectivity index (χ3v) is 6.20. The molecular weight excluding hydrogens is 414 g/mol. The number of methoxy groups -OCH3 is 1. The number of aromatic nitrogens is 2. The Balaban J connectivity index is 1.44. The van der Waals surface area contributed by atoms with E-state index in [4.69, 9.17) is 18.9 Å². The summed E-state index contributed by atoms with van der Waals surface area (Å²) in [6.45, 7) is 5.11. The minimum atomic E-state index is 0.255. The minimum absolute atomic E-state index is 0.255. The molecule has 5 rings (SSSR count). The number of hydrogen-bond acceptors (Lipinski definition) is 6. The number of oxazole rings is 1. The summed E-state index contributed by atoms with van der Waals surface area (Å²) in [5.41, 5.74) is 2.95. The summed E-state index contributed by atoms with van der Waals surface area (Å²) in [6, 6.07) is 18.2. The quantitative estimate of drug-likeness (QED) is 0.364. The Labute approximate surface area is 194 Å². The number of benzene rings is 2. The van der Waals surface area contributed by atoms with Gasteiger partial charge < -0.3 is 13.9 Å². The van der Waals surface area contributed by atoms with E-state index in [2.05, 4.69) is 28.1 Å². The van der Waals surface area contributed by atoms with Gasteiger partial charge in [-0.1, -0.05) is 30.3 Å². The Hall–Kier alpha value is -3.22. The molecular formula is C27H29N3O3. The molecule has 170 valence electrons. The zero-order valence-corrected chi connectivity index (χ0v) is 19.2. The Morgan fingerprint density at radius 1 is 1.03 bits per heavy atom. The summed E-state index contributed by atoms with van der Waals surface area (Å²) in [7, 11) is 1.69. The fourth-order valence-corrected chi connectivity index (χ4v) is 4.52. The van der Waals surface area contributed by atoms with Crippen LogP contribution in [-0.4, -0.2) is 41.2 Å². The largest absolute Gasteiger partial charge is 0.496 e. The Kier molecular flexibility index (Phi) is 6.37. The summed E-state index contributed by atoms with van der Waals surface area (Å²) in [5, 5.41) is 2.11. The highest BCUT2D eigenvalue weighted by Gasteiger charge is 2.22. The third-order valence-electron chi connectivity index (χ3n) is 6.20. The molecule has 1 fully saturated rings. The zero-order chi connectivity index (χ0) is 22.6. The molecule has 0 bridgehead atoms. The number of ether oxygens (including phenoxy) is 2. The highest BCUT2D eigenvalue weighted by Crippen LogP contribution is 2.35. The highest BCUT2D eigenvalue weighted by atomic mass is 16.5. The van der Waals surface area contributed by atoms with Gasteiger partial charge in [0.15, 0.2) is 0 Å². The molecule has 0 aliphatic carbocycles. The topological polar surface area (TPSA) is 60.6 Å². The smallest absolute Gasteiger partial charge is 0.227 e. The van der Waals surface area contributed by atoms with Gasteiger partial charge in [-0.25, -0.2) is 4.98 Å². The van der Waals surface area contributed by atoms with Crippen molar-refractivity contribution in [3.05, 3.63) is 77.9 Å². The van der Waals surface area contributed by atoms with Crippen molar-refractivity contribution >= 4 is 10.8 Å². The Bertz CT molecular complexity index is 1220. The maximum absolute atomic E-state index is 6.18. The lowest BCUT2D eigenvalue weighted by molar-refractivity contribution is 0.0669. The van der Waals surface area contributed by atoms with Gasteiger partial charge in [-0.15, -0.1) is 0 Å². The first kappa shape index (κ1) is 21.6. The average molecular weight is 444 g/mol. The monoisotopic (exact) mass is 443 g/mol. The standard InChI is InChI=1S/C27H29N3O3/c1-19-25(18-30(17-21-9-7-15-32-21)16-20-8-5-6-14-28-20)29-27(33-19)24-12-13-26(31-2)23-11-4-3-10-22(23)24/h3-6,8,10-14,21H,7,9,15-18H2,1-2H3. The van der Waals surface area contributed by atoms with Crippen LogP contribution >= 0.6 is 0 Å². The van der Waals surface area contributed by atoms with E-state index in [9.17, 15) is 0 Å². The molecule has 1 saturated heterocycles. The molecule has 6 heteroatoms. The molecule has 33 heavy (non-hydrogen) atoms. The molecule has 0 amide bonds. The van der Waals surface area contributed by atoms with Gasteiger partial charge in [-0.3, -0.25) is 9.88 Å². The summed E-state index contributed by atoms with van der Waals surface area (Å²) in [5.74, 6) is 2.32. The number of hydrogen-bond donors (Lipinski definition) is 0. The molecule has 1 unspecified atom stereocenters. The van der Waals surface area contributed by atoms with Crippen molar-refractivity contribution in [3.63, 3.8) is 0 Å². The number of rotatable bonds is 8. The molecule has 1 atom stereocenters.